The number of aliphatic hydroxyl groups is 1. The van der Waals surface area contributed by atoms with Gasteiger partial charge in [0.2, 0.25) is 0 Å². The number of aromatic nitrogens is 1. The van der Waals surface area contributed by atoms with Crippen molar-refractivity contribution in [1.29, 1.82) is 0 Å². The van der Waals surface area contributed by atoms with Gasteiger partial charge in [-0.15, -0.1) is 0 Å². The summed E-state index contributed by atoms with van der Waals surface area (Å²) in [4.78, 5) is 18.1. The van der Waals surface area contributed by atoms with Crippen LogP contribution in [0.4, 0.5) is 4.79 Å². The first-order chi connectivity index (χ1) is 11.7. The molecule has 0 saturated carbocycles. The first-order valence-corrected chi connectivity index (χ1v) is 8.34. The molecular weight excluding hydrogens is 302 g/mol. The monoisotopic (exact) mass is 325 g/mol. The standard InChI is InChI=1S/C19H23N3O2/c1-14(21-19(24)22-11-8-15(12-22)13-23)16-2-4-17(5-3-16)18-6-9-20-10-7-18/h2-7,9-10,14-15,23H,8,11-13H2,1H3,(H,21,24). The highest BCUT2D eigenvalue weighted by Crippen LogP contribution is 2.22. The van der Waals surface area contributed by atoms with E-state index >= 15 is 0 Å². The molecule has 2 heterocycles. The molecule has 1 fully saturated rings. The minimum absolute atomic E-state index is 0.0582. The number of likely N-dealkylation sites (tertiary alicyclic amines) is 1. The second-order valence-electron chi connectivity index (χ2n) is 6.31. The van der Waals surface area contributed by atoms with E-state index in [0.717, 1.165) is 23.1 Å². The number of carbonyl (C=O) groups is 1. The summed E-state index contributed by atoms with van der Waals surface area (Å²) in [6, 6.07) is 12.0. The van der Waals surface area contributed by atoms with E-state index in [0.29, 0.717) is 13.1 Å². The molecule has 1 aromatic heterocycles. The van der Waals surface area contributed by atoms with Gasteiger partial charge in [0.15, 0.2) is 0 Å². The quantitative estimate of drug-likeness (QED) is 0.908. The lowest BCUT2D eigenvalue weighted by atomic mass is 10.0. The molecule has 0 aliphatic carbocycles. The Morgan fingerprint density at radius 3 is 2.54 bits per heavy atom. The number of hydrogen-bond acceptors (Lipinski definition) is 3. The number of nitrogens with zero attached hydrogens (tertiary/aromatic N) is 2. The van der Waals surface area contributed by atoms with Gasteiger partial charge in [0, 0.05) is 38.0 Å². The lowest BCUT2D eigenvalue weighted by Gasteiger charge is -2.21. The fraction of sp³-hybridized carbons (Fsp3) is 0.368. The lowest BCUT2D eigenvalue weighted by molar-refractivity contribution is 0.195. The Morgan fingerprint density at radius 2 is 1.92 bits per heavy atom. The highest BCUT2D eigenvalue weighted by molar-refractivity contribution is 5.75. The minimum atomic E-state index is -0.0586. The molecule has 2 amide bonds. The van der Waals surface area contributed by atoms with Crippen LogP contribution in [0.15, 0.2) is 48.8 Å². The van der Waals surface area contributed by atoms with Gasteiger partial charge in [-0.25, -0.2) is 4.79 Å². The molecular formula is C19H23N3O2. The number of pyridine rings is 1. The summed E-state index contributed by atoms with van der Waals surface area (Å²) >= 11 is 0. The highest BCUT2D eigenvalue weighted by Gasteiger charge is 2.26. The third-order valence-corrected chi connectivity index (χ3v) is 4.60. The third-order valence-electron chi connectivity index (χ3n) is 4.60. The van der Waals surface area contributed by atoms with Crippen LogP contribution in [-0.4, -0.2) is 40.7 Å². The van der Waals surface area contributed by atoms with Crippen molar-refractivity contribution in [3.63, 3.8) is 0 Å². The second-order valence-corrected chi connectivity index (χ2v) is 6.31. The zero-order valence-electron chi connectivity index (χ0n) is 13.9. The Hall–Kier alpha value is -2.40. The molecule has 1 aliphatic heterocycles. The normalized spacial score (nSPS) is 18.4. The van der Waals surface area contributed by atoms with E-state index in [1.165, 1.54) is 0 Å². The Morgan fingerprint density at radius 1 is 1.25 bits per heavy atom. The largest absolute Gasteiger partial charge is 0.396 e. The fourth-order valence-electron chi connectivity index (χ4n) is 3.03. The Kier molecular flexibility index (Phi) is 5.11. The predicted octanol–water partition coefficient (Wildman–Crippen LogP) is 2.83. The van der Waals surface area contributed by atoms with Crippen LogP contribution in [0.3, 0.4) is 0 Å². The van der Waals surface area contributed by atoms with Crippen LogP contribution in [0.5, 0.6) is 0 Å². The van der Waals surface area contributed by atoms with E-state index in [1.807, 2.05) is 31.2 Å². The van der Waals surface area contributed by atoms with Crippen molar-refractivity contribution in [2.75, 3.05) is 19.7 Å². The molecule has 3 rings (SSSR count). The SMILES string of the molecule is CC(NC(=O)N1CCC(CO)C1)c1ccc(-c2ccncc2)cc1. The number of rotatable bonds is 4. The smallest absolute Gasteiger partial charge is 0.317 e. The molecule has 1 aliphatic rings. The number of hydrogen-bond donors (Lipinski definition) is 2. The Bertz CT molecular complexity index is 673. The van der Waals surface area contributed by atoms with Crippen molar-refractivity contribution in [2.45, 2.75) is 19.4 Å². The summed E-state index contributed by atoms with van der Waals surface area (Å²) in [5.74, 6) is 0.214. The van der Waals surface area contributed by atoms with E-state index < -0.39 is 0 Å². The van der Waals surface area contributed by atoms with E-state index in [9.17, 15) is 9.90 Å². The van der Waals surface area contributed by atoms with Crippen molar-refractivity contribution in [3.8, 4) is 11.1 Å². The third kappa shape index (κ3) is 3.74. The molecule has 2 atom stereocenters. The van der Waals surface area contributed by atoms with Gasteiger partial charge in [0.25, 0.3) is 0 Å². The van der Waals surface area contributed by atoms with Gasteiger partial charge in [-0.1, -0.05) is 24.3 Å². The van der Waals surface area contributed by atoms with Crippen molar-refractivity contribution >= 4 is 6.03 Å². The summed E-state index contributed by atoms with van der Waals surface area (Å²) in [5, 5.41) is 12.2. The Balaban J connectivity index is 1.61. The van der Waals surface area contributed by atoms with Crippen LogP contribution in [0.2, 0.25) is 0 Å². The summed E-state index contributed by atoms with van der Waals surface area (Å²) in [5.41, 5.74) is 3.32. The number of nitrogens with one attached hydrogen (secondary N) is 1. The molecule has 0 spiro atoms. The van der Waals surface area contributed by atoms with E-state index in [2.05, 4.69) is 22.4 Å². The first kappa shape index (κ1) is 16.5. The fourth-order valence-corrected chi connectivity index (χ4v) is 3.03. The molecule has 0 radical (unpaired) electrons. The maximum Gasteiger partial charge on any atom is 0.317 e. The summed E-state index contributed by atoms with van der Waals surface area (Å²) in [6.45, 7) is 3.48. The van der Waals surface area contributed by atoms with Crippen molar-refractivity contribution in [1.82, 2.24) is 15.2 Å². The molecule has 2 unspecified atom stereocenters. The van der Waals surface area contributed by atoms with Crippen LogP contribution < -0.4 is 5.32 Å². The molecule has 0 bridgehead atoms. The minimum Gasteiger partial charge on any atom is -0.396 e. The zero-order valence-corrected chi connectivity index (χ0v) is 13.9. The number of aliphatic hydroxyl groups excluding tert-OH is 1. The molecule has 2 N–H and O–H groups in total. The van der Waals surface area contributed by atoms with E-state index in [1.54, 1.807) is 17.3 Å². The van der Waals surface area contributed by atoms with E-state index in [-0.39, 0.29) is 24.6 Å². The summed E-state index contributed by atoms with van der Waals surface area (Å²) < 4.78 is 0. The van der Waals surface area contributed by atoms with Crippen LogP contribution >= 0.6 is 0 Å². The molecule has 5 heteroatoms. The van der Waals surface area contributed by atoms with Crippen molar-refractivity contribution in [3.05, 3.63) is 54.4 Å². The van der Waals surface area contributed by atoms with Crippen LogP contribution in [0.1, 0.15) is 24.9 Å². The highest BCUT2D eigenvalue weighted by atomic mass is 16.3. The van der Waals surface area contributed by atoms with Gasteiger partial charge in [-0.2, -0.15) is 0 Å². The molecule has 24 heavy (non-hydrogen) atoms. The maximum atomic E-state index is 12.3. The van der Waals surface area contributed by atoms with Gasteiger partial charge in [-0.05, 0) is 42.2 Å². The van der Waals surface area contributed by atoms with Gasteiger partial charge >= 0.3 is 6.03 Å². The molecule has 2 aromatic rings. The van der Waals surface area contributed by atoms with Crippen LogP contribution in [0, 0.1) is 5.92 Å². The molecule has 126 valence electrons. The average Bonchev–Trinajstić information content (AvgIpc) is 3.12. The van der Waals surface area contributed by atoms with Gasteiger partial charge in [0.1, 0.15) is 0 Å². The van der Waals surface area contributed by atoms with Crippen molar-refractivity contribution < 1.29 is 9.90 Å². The maximum absolute atomic E-state index is 12.3. The lowest BCUT2D eigenvalue weighted by Crippen LogP contribution is -2.39. The first-order valence-electron chi connectivity index (χ1n) is 8.34. The summed E-state index contributed by atoms with van der Waals surface area (Å²) in [6.07, 6.45) is 4.43. The second kappa shape index (κ2) is 7.45. The number of amides is 2. The molecule has 1 saturated heterocycles. The van der Waals surface area contributed by atoms with Crippen LogP contribution in [-0.2, 0) is 0 Å². The number of carbonyl (C=O) groups excluding carboxylic acids is 1. The average molecular weight is 325 g/mol. The number of benzene rings is 1. The van der Waals surface area contributed by atoms with E-state index in [4.69, 9.17) is 0 Å². The Labute approximate surface area is 142 Å². The van der Waals surface area contributed by atoms with Gasteiger partial charge < -0.3 is 15.3 Å². The van der Waals surface area contributed by atoms with Crippen molar-refractivity contribution in [2.24, 2.45) is 5.92 Å². The van der Waals surface area contributed by atoms with Gasteiger partial charge in [0.05, 0.1) is 6.04 Å². The molecule has 1 aromatic carbocycles. The van der Waals surface area contributed by atoms with Crippen LogP contribution in [0.25, 0.3) is 11.1 Å². The van der Waals surface area contributed by atoms with Gasteiger partial charge in [-0.3, -0.25) is 4.98 Å². The summed E-state index contributed by atoms with van der Waals surface area (Å²) in [7, 11) is 0. The predicted molar refractivity (Wildman–Crippen MR) is 93.4 cm³/mol. The molecule has 5 nitrogen and oxygen atoms in total. The topological polar surface area (TPSA) is 65.5 Å². The zero-order chi connectivity index (χ0) is 16.9. The number of urea groups is 1.